The molecule has 0 aromatic heterocycles. The van der Waals surface area contributed by atoms with Gasteiger partial charge in [0.2, 0.25) is 0 Å². The molecule has 5 heteroatoms. The second kappa shape index (κ2) is 5.68. The first-order chi connectivity index (χ1) is 9.51. The number of benzene rings is 2. The van der Waals surface area contributed by atoms with E-state index in [2.05, 4.69) is 0 Å². The molecule has 0 aliphatic carbocycles. The van der Waals surface area contributed by atoms with E-state index in [4.69, 9.17) is 15.7 Å². The second-order valence-electron chi connectivity index (χ2n) is 4.33. The maximum atomic E-state index is 13.8. The van der Waals surface area contributed by atoms with Crippen molar-refractivity contribution in [1.29, 1.82) is 5.26 Å². The molecule has 2 aromatic rings. The molecule has 102 valence electrons. The van der Waals surface area contributed by atoms with Gasteiger partial charge in [-0.25, -0.2) is 8.78 Å². The summed E-state index contributed by atoms with van der Waals surface area (Å²) in [5.41, 5.74) is 6.20. The molecule has 0 spiro atoms. The molecule has 1 atom stereocenters. The first-order valence-corrected chi connectivity index (χ1v) is 5.94. The van der Waals surface area contributed by atoms with Crippen molar-refractivity contribution in [2.45, 2.75) is 13.0 Å². The van der Waals surface area contributed by atoms with E-state index in [1.54, 1.807) is 19.1 Å². The van der Waals surface area contributed by atoms with Crippen LogP contribution in [-0.2, 0) is 0 Å². The third kappa shape index (κ3) is 2.92. The van der Waals surface area contributed by atoms with Gasteiger partial charge in [-0.3, -0.25) is 0 Å². The summed E-state index contributed by atoms with van der Waals surface area (Å²) in [6.45, 7) is 1.74. The molecule has 0 heterocycles. The minimum Gasteiger partial charge on any atom is -0.454 e. The van der Waals surface area contributed by atoms with Crippen molar-refractivity contribution >= 4 is 0 Å². The molecule has 2 aromatic carbocycles. The van der Waals surface area contributed by atoms with Crippen molar-refractivity contribution in [3.05, 3.63) is 59.2 Å². The van der Waals surface area contributed by atoms with Crippen molar-refractivity contribution in [2.75, 3.05) is 0 Å². The number of ether oxygens (including phenoxy) is 1. The number of nitrogens with zero attached hydrogens (tertiary/aromatic N) is 1. The molecule has 0 amide bonds. The predicted molar refractivity (Wildman–Crippen MR) is 70.2 cm³/mol. The van der Waals surface area contributed by atoms with Crippen LogP contribution in [-0.4, -0.2) is 0 Å². The summed E-state index contributed by atoms with van der Waals surface area (Å²) in [5, 5.41) is 8.62. The average molecular weight is 274 g/mol. The van der Waals surface area contributed by atoms with E-state index in [1.165, 1.54) is 24.3 Å². The standard InChI is InChI=1S/C15H12F2N2O/c1-9(19)10-3-5-15(14(17)6-10)20-12-4-2-11(8-18)13(16)7-12/h2-7,9H,19H2,1H3/t9-/m1/s1. The summed E-state index contributed by atoms with van der Waals surface area (Å²) in [7, 11) is 0. The molecule has 2 rings (SSSR count). The van der Waals surface area contributed by atoms with Crippen LogP contribution in [0.15, 0.2) is 36.4 Å². The van der Waals surface area contributed by atoms with Gasteiger partial charge in [0, 0.05) is 12.1 Å². The molecule has 0 unspecified atom stereocenters. The first-order valence-electron chi connectivity index (χ1n) is 5.94. The van der Waals surface area contributed by atoms with E-state index < -0.39 is 11.6 Å². The predicted octanol–water partition coefficient (Wildman–Crippen LogP) is 3.65. The number of nitrogens with two attached hydrogens (primary N) is 1. The molecule has 0 radical (unpaired) electrons. The van der Waals surface area contributed by atoms with Crippen LogP contribution in [0.1, 0.15) is 24.1 Å². The Kier molecular flexibility index (Phi) is 3.97. The SMILES string of the molecule is C[C@@H](N)c1ccc(Oc2ccc(C#N)c(F)c2)c(F)c1. The molecule has 0 bridgehead atoms. The number of halogens is 2. The molecule has 0 aliphatic heterocycles. The quantitative estimate of drug-likeness (QED) is 0.929. The summed E-state index contributed by atoms with van der Waals surface area (Å²) in [6.07, 6.45) is 0. The minimum absolute atomic E-state index is 0.0292. The highest BCUT2D eigenvalue weighted by molar-refractivity contribution is 5.39. The molecule has 0 saturated carbocycles. The van der Waals surface area contributed by atoms with Crippen LogP contribution in [0, 0.1) is 23.0 Å². The normalized spacial score (nSPS) is 11.8. The zero-order valence-electron chi connectivity index (χ0n) is 10.7. The molecular weight excluding hydrogens is 262 g/mol. The van der Waals surface area contributed by atoms with Gasteiger partial charge in [0.15, 0.2) is 11.6 Å². The Morgan fingerprint density at radius 1 is 1.15 bits per heavy atom. The summed E-state index contributed by atoms with van der Waals surface area (Å²) >= 11 is 0. The van der Waals surface area contributed by atoms with Gasteiger partial charge in [-0.05, 0) is 36.8 Å². The van der Waals surface area contributed by atoms with Crippen LogP contribution < -0.4 is 10.5 Å². The molecule has 0 aliphatic rings. The summed E-state index contributed by atoms with van der Waals surface area (Å²) < 4.78 is 32.5. The Balaban J connectivity index is 2.26. The largest absolute Gasteiger partial charge is 0.454 e. The number of rotatable bonds is 3. The van der Waals surface area contributed by atoms with E-state index >= 15 is 0 Å². The lowest BCUT2D eigenvalue weighted by molar-refractivity contribution is 0.437. The molecule has 2 N–H and O–H groups in total. The average Bonchev–Trinajstić information content (AvgIpc) is 2.41. The highest BCUT2D eigenvalue weighted by Gasteiger charge is 2.10. The van der Waals surface area contributed by atoms with Crippen molar-refractivity contribution < 1.29 is 13.5 Å². The highest BCUT2D eigenvalue weighted by Crippen LogP contribution is 2.27. The Morgan fingerprint density at radius 2 is 1.90 bits per heavy atom. The fourth-order valence-electron chi connectivity index (χ4n) is 1.66. The Labute approximate surface area is 115 Å². The van der Waals surface area contributed by atoms with E-state index in [0.29, 0.717) is 5.56 Å². The van der Waals surface area contributed by atoms with Crippen LogP contribution in [0.2, 0.25) is 0 Å². The van der Waals surface area contributed by atoms with E-state index in [9.17, 15) is 8.78 Å². The highest BCUT2D eigenvalue weighted by atomic mass is 19.1. The molecule has 0 fully saturated rings. The zero-order valence-corrected chi connectivity index (χ0v) is 10.7. The maximum absolute atomic E-state index is 13.8. The molecular formula is C15H12F2N2O. The molecule has 20 heavy (non-hydrogen) atoms. The fourth-order valence-corrected chi connectivity index (χ4v) is 1.66. The lowest BCUT2D eigenvalue weighted by Crippen LogP contribution is -2.05. The van der Waals surface area contributed by atoms with Crippen molar-refractivity contribution in [3.63, 3.8) is 0 Å². The molecule has 0 saturated heterocycles. The minimum atomic E-state index is -0.711. The van der Waals surface area contributed by atoms with E-state index in [0.717, 1.165) is 6.07 Å². The lowest BCUT2D eigenvalue weighted by Gasteiger charge is -2.10. The van der Waals surface area contributed by atoms with Gasteiger partial charge >= 0.3 is 0 Å². The zero-order chi connectivity index (χ0) is 14.7. The topological polar surface area (TPSA) is 59.0 Å². The van der Waals surface area contributed by atoms with Crippen LogP contribution in [0.3, 0.4) is 0 Å². The van der Waals surface area contributed by atoms with Crippen LogP contribution >= 0.6 is 0 Å². The van der Waals surface area contributed by atoms with Gasteiger partial charge in [-0.2, -0.15) is 5.26 Å². The van der Waals surface area contributed by atoms with Gasteiger partial charge in [-0.15, -0.1) is 0 Å². The first kappa shape index (κ1) is 14.0. The van der Waals surface area contributed by atoms with Gasteiger partial charge in [0.25, 0.3) is 0 Å². The summed E-state index contributed by atoms with van der Waals surface area (Å²) in [5.74, 6) is -1.20. The number of hydrogen-bond acceptors (Lipinski definition) is 3. The number of nitriles is 1. The van der Waals surface area contributed by atoms with E-state index in [-0.39, 0.29) is 23.1 Å². The lowest BCUT2D eigenvalue weighted by atomic mass is 10.1. The molecule has 3 nitrogen and oxygen atoms in total. The van der Waals surface area contributed by atoms with E-state index in [1.807, 2.05) is 0 Å². The second-order valence-corrected chi connectivity index (χ2v) is 4.33. The van der Waals surface area contributed by atoms with Crippen LogP contribution in [0.5, 0.6) is 11.5 Å². The summed E-state index contributed by atoms with van der Waals surface area (Å²) in [4.78, 5) is 0. The Bertz CT molecular complexity index is 678. The smallest absolute Gasteiger partial charge is 0.166 e. The van der Waals surface area contributed by atoms with Crippen molar-refractivity contribution in [1.82, 2.24) is 0 Å². The van der Waals surface area contributed by atoms with Gasteiger partial charge < -0.3 is 10.5 Å². The Morgan fingerprint density at radius 3 is 2.45 bits per heavy atom. The third-order valence-electron chi connectivity index (χ3n) is 2.77. The van der Waals surface area contributed by atoms with Crippen LogP contribution in [0.25, 0.3) is 0 Å². The third-order valence-corrected chi connectivity index (χ3v) is 2.77. The van der Waals surface area contributed by atoms with Crippen molar-refractivity contribution in [3.8, 4) is 17.6 Å². The van der Waals surface area contributed by atoms with Gasteiger partial charge in [0.05, 0.1) is 5.56 Å². The maximum Gasteiger partial charge on any atom is 0.166 e. The van der Waals surface area contributed by atoms with Crippen LogP contribution in [0.4, 0.5) is 8.78 Å². The number of hydrogen-bond donors (Lipinski definition) is 1. The monoisotopic (exact) mass is 274 g/mol. The van der Waals surface area contributed by atoms with Gasteiger partial charge in [0.1, 0.15) is 17.6 Å². The van der Waals surface area contributed by atoms with Crippen molar-refractivity contribution in [2.24, 2.45) is 5.73 Å². The fraction of sp³-hybridized carbons (Fsp3) is 0.133. The summed E-state index contributed by atoms with van der Waals surface area (Å²) in [6, 6.07) is 9.49. The van der Waals surface area contributed by atoms with Gasteiger partial charge in [-0.1, -0.05) is 6.07 Å². The Hall–Kier alpha value is -2.45.